The summed E-state index contributed by atoms with van der Waals surface area (Å²) in [5, 5.41) is 3.40. The largest absolute Gasteiger partial charge is 0.496 e. The maximum absolute atomic E-state index is 12.4. The molecule has 3 N–H and O–H groups in total. The van der Waals surface area contributed by atoms with Crippen molar-refractivity contribution >= 4 is 23.2 Å². The van der Waals surface area contributed by atoms with Crippen LogP contribution in [0.2, 0.25) is 5.02 Å². The van der Waals surface area contributed by atoms with Crippen LogP contribution in [0.3, 0.4) is 0 Å². The molecular formula is C16H22ClN3O2. The number of nitrogens with one attached hydrogen (secondary N) is 1. The highest BCUT2D eigenvalue weighted by Gasteiger charge is 2.22. The minimum atomic E-state index is -0.180. The highest BCUT2D eigenvalue weighted by atomic mass is 35.5. The van der Waals surface area contributed by atoms with Gasteiger partial charge >= 0.3 is 0 Å². The predicted molar refractivity (Wildman–Crippen MR) is 89.5 cm³/mol. The zero-order valence-corrected chi connectivity index (χ0v) is 13.5. The van der Waals surface area contributed by atoms with Gasteiger partial charge in [0.2, 0.25) is 0 Å². The number of nitrogens with zero attached hydrogens (tertiary/aromatic N) is 1. The molecule has 1 fully saturated rings. The molecule has 22 heavy (non-hydrogen) atoms. The van der Waals surface area contributed by atoms with E-state index in [1.54, 1.807) is 12.1 Å². The molecule has 0 radical (unpaired) electrons. The molecule has 1 aromatic rings. The maximum atomic E-state index is 12.4. The number of halogens is 1. The second kappa shape index (κ2) is 7.51. The van der Waals surface area contributed by atoms with E-state index in [0.29, 0.717) is 22.0 Å². The lowest BCUT2D eigenvalue weighted by Crippen LogP contribution is -2.44. The summed E-state index contributed by atoms with van der Waals surface area (Å²) in [7, 11) is 1.51. The lowest BCUT2D eigenvalue weighted by molar-refractivity contribution is 0.0911. The Labute approximate surface area is 136 Å². The van der Waals surface area contributed by atoms with E-state index in [9.17, 15) is 4.79 Å². The fraction of sp³-hybridized carbons (Fsp3) is 0.438. The Balaban J connectivity index is 2.01. The highest BCUT2D eigenvalue weighted by Crippen LogP contribution is 2.29. The second-order valence-corrected chi connectivity index (χ2v) is 5.82. The van der Waals surface area contributed by atoms with Crippen molar-refractivity contribution in [1.29, 1.82) is 0 Å². The highest BCUT2D eigenvalue weighted by molar-refractivity contribution is 6.33. The molecule has 1 heterocycles. The third-order valence-corrected chi connectivity index (χ3v) is 4.20. The first-order valence-electron chi connectivity index (χ1n) is 7.32. The number of ether oxygens (including phenoxy) is 1. The maximum Gasteiger partial charge on any atom is 0.255 e. The number of rotatable bonds is 5. The van der Waals surface area contributed by atoms with Gasteiger partial charge in [0.05, 0.1) is 23.4 Å². The smallest absolute Gasteiger partial charge is 0.255 e. The van der Waals surface area contributed by atoms with Crippen molar-refractivity contribution in [2.75, 3.05) is 32.5 Å². The third-order valence-electron chi connectivity index (χ3n) is 3.87. The summed E-state index contributed by atoms with van der Waals surface area (Å²) < 4.78 is 5.22. The number of hydrogen-bond acceptors (Lipinski definition) is 4. The van der Waals surface area contributed by atoms with E-state index in [4.69, 9.17) is 22.1 Å². The van der Waals surface area contributed by atoms with Crippen LogP contribution in [0.4, 0.5) is 5.69 Å². The average molecular weight is 324 g/mol. The fourth-order valence-corrected chi connectivity index (χ4v) is 2.78. The number of benzene rings is 1. The molecule has 0 unspecified atom stereocenters. The molecule has 0 bridgehead atoms. The number of nitrogens with two attached hydrogens (primary N) is 1. The predicted octanol–water partition coefficient (Wildman–Crippen LogP) is 2.31. The van der Waals surface area contributed by atoms with Gasteiger partial charge in [0, 0.05) is 31.7 Å². The van der Waals surface area contributed by atoms with Gasteiger partial charge < -0.3 is 15.8 Å². The molecule has 1 aromatic carbocycles. The van der Waals surface area contributed by atoms with E-state index >= 15 is 0 Å². The van der Waals surface area contributed by atoms with E-state index in [0.717, 1.165) is 32.5 Å². The molecule has 0 atom stereocenters. The van der Waals surface area contributed by atoms with Crippen molar-refractivity contribution in [3.8, 4) is 5.75 Å². The zero-order chi connectivity index (χ0) is 16.1. The Morgan fingerprint density at radius 1 is 1.55 bits per heavy atom. The number of carbonyl (C=O) groups is 1. The van der Waals surface area contributed by atoms with Crippen LogP contribution in [-0.4, -0.2) is 43.6 Å². The quantitative estimate of drug-likeness (QED) is 0.644. The van der Waals surface area contributed by atoms with Crippen molar-refractivity contribution in [3.05, 3.63) is 35.4 Å². The van der Waals surface area contributed by atoms with E-state index in [-0.39, 0.29) is 11.9 Å². The van der Waals surface area contributed by atoms with Crippen LogP contribution < -0.4 is 15.8 Å². The lowest BCUT2D eigenvalue weighted by atomic mass is 10.0. The Bertz CT molecular complexity index is 555. The van der Waals surface area contributed by atoms with Crippen molar-refractivity contribution in [1.82, 2.24) is 10.2 Å². The number of amides is 1. The van der Waals surface area contributed by atoms with Crippen molar-refractivity contribution in [2.24, 2.45) is 0 Å². The van der Waals surface area contributed by atoms with Gasteiger partial charge in [-0.25, -0.2) is 0 Å². The van der Waals surface area contributed by atoms with Gasteiger partial charge in [0.15, 0.2) is 0 Å². The lowest BCUT2D eigenvalue weighted by Gasteiger charge is -2.31. The van der Waals surface area contributed by atoms with Gasteiger partial charge in [-0.15, -0.1) is 6.58 Å². The van der Waals surface area contributed by atoms with Gasteiger partial charge in [-0.3, -0.25) is 9.69 Å². The van der Waals surface area contributed by atoms with Crippen molar-refractivity contribution in [2.45, 2.75) is 18.9 Å². The summed E-state index contributed by atoms with van der Waals surface area (Å²) in [6.45, 7) is 6.55. The van der Waals surface area contributed by atoms with Crippen LogP contribution in [0.15, 0.2) is 24.8 Å². The van der Waals surface area contributed by atoms with Gasteiger partial charge in [0.1, 0.15) is 5.75 Å². The van der Waals surface area contributed by atoms with Crippen molar-refractivity contribution in [3.63, 3.8) is 0 Å². The number of likely N-dealkylation sites (tertiary alicyclic amines) is 1. The molecule has 5 nitrogen and oxygen atoms in total. The van der Waals surface area contributed by atoms with Gasteiger partial charge in [-0.05, 0) is 18.9 Å². The molecule has 1 aliphatic heterocycles. The SMILES string of the molecule is C=CCN1CCC(NC(=O)c2cc(Cl)c(N)cc2OC)CC1. The summed E-state index contributed by atoms with van der Waals surface area (Å²) in [6.07, 6.45) is 3.75. The molecule has 1 aliphatic rings. The topological polar surface area (TPSA) is 67.6 Å². The van der Waals surface area contributed by atoms with E-state index in [2.05, 4.69) is 16.8 Å². The van der Waals surface area contributed by atoms with Gasteiger partial charge in [0.25, 0.3) is 5.91 Å². The Hall–Kier alpha value is -1.72. The standard InChI is InChI=1S/C16H22ClN3O2/c1-3-6-20-7-4-11(5-8-20)19-16(21)12-9-13(17)14(18)10-15(12)22-2/h3,9-11H,1,4-8,18H2,2H3,(H,19,21). The second-order valence-electron chi connectivity index (χ2n) is 5.41. The molecule has 120 valence electrons. The molecule has 0 aromatic heterocycles. The van der Waals surface area contributed by atoms with Crippen molar-refractivity contribution < 1.29 is 9.53 Å². The Kier molecular flexibility index (Phi) is 5.69. The number of piperidine rings is 1. The summed E-state index contributed by atoms with van der Waals surface area (Å²) in [6, 6.07) is 3.29. The van der Waals surface area contributed by atoms with Crippen LogP contribution in [0, 0.1) is 0 Å². The van der Waals surface area contributed by atoms with E-state index < -0.39 is 0 Å². The van der Waals surface area contributed by atoms with E-state index in [1.165, 1.54) is 7.11 Å². The number of carbonyl (C=O) groups excluding carboxylic acids is 1. The average Bonchev–Trinajstić information content (AvgIpc) is 2.51. The molecular weight excluding hydrogens is 302 g/mol. The third kappa shape index (κ3) is 3.93. The Morgan fingerprint density at radius 2 is 2.23 bits per heavy atom. The molecule has 2 rings (SSSR count). The monoisotopic (exact) mass is 323 g/mol. The minimum Gasteiger partial charge on any atom is -0.496 e. The van der Waals surface area contributed by atoms with Gasteiger partial charge in [-0.2, -0.15) is 0 Å². The van der Waals surface area contributed by atoms with Crippen LogP contribution in [0.25, 0.3) is 0 Å². The number of anilines is 1. The Morgan fingerprint density at radius 3 is 2.82 bits per heavy atom. The summed E-state index contributed by atoms with van der Waals surface area (Å²) in [5.41, 5.74) is 6.54. The minimum absolute atomic E-state index is 0.162. The molecule has 1 saturated heterocycles. The fourth-order valence-electron chi connectivity index (χ4n) is 2.62. The number of methoxy groups -OCH3 is 1. The summed E-state index contributed by atoms with van der Waals surface area (Å²) in [4.78, 5) is 14.8. The van der Waals surface area contributed by atoms with Gasteiger partial charge in [-0.1, -0.05) is 17.7 Å². The first-order chi connectivity index (χ1) is 10.5. The molecule has 0 saturated carbocycles. The summed E-state index contributed by atoms with van der Waals surface area (Å²) in [5.74, 6) is 0.254. The van der Waals surface area contributed by atoms with Crippen LogP contribution in [0.1, 0.15) is 23.2 Å². The summed E-state index contributed by atoms with van der Waals surface area (Å²) >= 11 is 6.01. The number of hydrogen-bond donors (Lipinski definition) is 2. The molecule has 0 aliphatic carbocycles. The molecule has 6 heteroatoms. The zero-order valence-electron chi connectivity index (χ0n) is 12.8. The van der Waals surface area contributed by atoms with Crippen LogP contribution >= 0.6 is 11.6 Å². The normalized spacial score (nSPS) is 16.3. The first-order valence-corrected chi connectivity index (χ1v) is 7.70. The molecule has 0 spiro atoms. The number of nitrogen functional groups attached to an aromatic ring is 1. The van der Waals surface area contributed by atoms with Crippen LogP contribution in [0.5, 0.6) is 5.75 Å². The first kappa shape index (κ1) is 16.6. The van der Waals surface area contributed by atoms with Crippen LogP contribution in [-0.2, 0) is 0 Å². The van der Waals surface area contributed by atoms with E-state index in [1.807, 2.05) is 6.08 Å². The molecule has 1 amide bonds.